The molecule has 0 heterocycles. The number of hydrogen-bond acceptors (Lipinski definition) is 3. The Morgan fingerprint density at radius 2 is 2.20 bits per heavy atom. The number of alkyl carbamates (subject to hydrolysis) is 1. The van der Waals surface area contributed by atoms with Crippen LogP contribution >= 0.6 is 0 Å². The number of amides is 2. The van der Waals surface area contributed by atoms with Gasteiger partial charge in [-0.2, -0.15) is 0 Å². The Hall–Kier alpha value is -1.26. The Kier molecular flexibility index (Phi) is 4.02. The average molecular weight is 145 g/mol. The topological polar surface area (TPSA) is 79.2 Å². The zero-order valence-corrected chi connectivity index (χ0v) is 5.64. The molecule has 0 saturated carbocycles. The van der Waals surface area contributed by atoms with Gasteiger partial charge in [-0.25, -0.2) is 4.79 Å². The van der Waals surface area contributed by atoms with Gasteiger partial charge in [0.05, 0.1) is 7.11 Å². The van der Waals surface area contributed by atoms with E-state index in [2.05, 4.69) is 10.1 Å². The van der Waals surface area contributed by atoms with Crippen LogP contribution in [0.25, 0.3) is 0 Å². The Morgan fingerprint density at radius 1 is 1.60 bits per heavy atom. The standard InChI is InChI=1S/C5H9N2O3/c1-10-5(9)7-3-2-4(6)8/h6H,2-3H2,1H3,(H,7,9). The molecule has 5 heteroatoms. The largest absolute Gasteiger partial charge is 0.453 e. The van der Waals surface area contributed by atoms with Gasteiger partial charge in [-0.15, -0.1) is 0 Å². The molecule has 0 aromatic heterocycles. The summed E-state index contributed by atoms with van der Waals surface area (Å²) in [4.78, 5) is 20.3. The summed E-state index contributed by atoms with van der Waals surface area (Å²) in [7, 11) is 1.23. The van der Waals surface area contributed by atoms with E-state index in [1.807, 2.05) is 0 Å². The molecule has 1 radical (unpaired) electrons. The maximum atomic E-state index is 10.3. The van der Waals surface area contributed by atoms with Crippen LogP contribution in [0, 0.1) is 0 Å². The lowest BCUT2D eigenvalue weighted by atomic mass is 10.4. The van der Waals surface area contributed by atoms with Gasteiger partial charge in [0, 0.05) is 13.0 Å². The molecular formula is C5H9N2O3. The lowest BCUT2D eigenvalue weighted by Crippen LogP contribution is -2.25. The van der Waals surface area contributed by atoms with E-state index in [4.69, 9.17) is 5.73 Å². The molecule has 0 unspecified atom stereocenters. The van der Waals surface area contributed by atoms with Crippen LogP contribution in [0.4, 0.5) is 4.79 Å². The fraction of sp³-hybridized carbons (Fsp3) is 0.600. The third-order valence-corrected chi connectivity index (χ3v) is 0.807. The molecule has 0 atom stereocenters. The van der Waals surface area contributed by atoms with Gasteiger partial charge in [0.1, 0.15) is 0 Å². The predicted molar refractivity (Wildman–Crippen MR) is 33.1 cm³/mol. The molecule has 0 aliphatic carbocycles. The van der Waals surface area contributed by atoms with Crippen LogP contribution in [-0.2, 0) is 9.53 Å². The molecule has 5 nitrogen and oxygen atoms in total. The smallest absolute Gasteiger partial charge is 0.406 e. The van der Waals surface area contributed by atoms with Crippen molar-refractivity contribution in [2.24, 2.45) is 0 Å². The van der Waals surface area contributed by atoms with Crippen LogP contribution in [0.2, 0.25) is 0 Å². The van der Waals surface area contributed by atoms with Crippen molar-refractivity contribution in [2.45, 2.75) is 6.42 Å². The first-order valence-corrected chi connectivity index (χ1v) is 2.73. The SMILES string of the molecule is COC(=O)NCCC([NH])=O. The maximum absolute atomic E-state index is 10.3. The van der Waals surface area contributed by atoms with Gasteiger partial charge in [-0.1, -0.05) is 0 Å². The van der Waals surface area contributed by atoms with Crippen LogP contribution in [0.1, 0.15) is 6.42 Å². The molecule has 0 aliphatic heterocycles. The fourth-order valence-corrected chi connectivity index (χ4v) is 0.350. The second-order valence-corrected chi connectivity index (χ2v) is 1.59. The molecule has 0 bridgehead atoms. The average Bonchev–Trinajstić information content (AvgIpc) is 1.87. The van der Waals surface area contributed by atoms with Crippen molar-refractivity contribution in [2.75, 3.05) is 13.7 Å². The number of carbonyl (C=O) groups is 2. The fourth-order valence-electron chi connectivity index (χ4n) is 0.350. The summed E-state index contributed by atoms with van der Waals surface area (Å²) >= 11 is 0. The van der Waals surface area contributed by atoms with Crippen LogP contribution in [-0.4, -0.2) is 25.7 Å². The van der Waals surface area contributed by atoms with Crippen molar-refractivity contribution in [3.8, 4) is 0 Å². The number of nitrogens with one attached hydrogen (secondary N) is 2. The van der Waals surface area contributed by atoms with Gasteiger partial charge in [-0.05, 0) is 0 Å². The minimum absolute atomic E-state index is 0.0229. The summed E-state index contributed by atoms with van der Waals surface area (Å²) in [5, 5.41) is 2.26. The normalized spacial score (nSPS) is 8.50. The third-order valence-electron chi connectivity index (χ3n) is 0.807. The molecule has 0 aliphatic rings. The Morgan fingerprint density at radius 3 is 2.60 bits per heavy atom. The van der Waals surface area contributed by atoms with Crippen molar-refractivity contribution in [1.29, 1.82) is 0 Å². The van der Waals surface area contributed by atoms with Crippen LogP contribution in [0.3, 0.4) is 0 Å². The van der Waals surface area contributed by atoms with Crippen molar-refractivity contribution in [1.82, 2.24) is 11.1 Å². The lowest BCUT2D eigenvalue weighted by Gasteiger charge is -1.99. The van der Waals surface area contributed by atoms with E-state index < -0.39 is 12.0 Å². The highest BCUT2D eigenvalue weighted by molar-refractivity contribution is 5.74. The van der Waals surface area contributed by atoms with Crippen molar-refractivity contribution >= 4 is 12.0 Å². The summed E-state index contributed by atoms with van der Waals surface area (Å²) in [6, 6.07) is 0. The molecule has 2 amide bonds. The van der Waals surface area contributed by atoms with E-state index in [1.54, 1.807) is 0 Å². The quantitative estimate of drug-likeness (QED) is 0.583. The van der Waals surface area contributed by atoms with Crippen molar-refractivity contribution < 1.29 is 14.3 Å². The number of hydrogen-bond donors (Lipinski definition) is 1. The molecule has 2 N–H and O–H groups in total. The second-order valence-electron chi connectivity index (χ2n) is 1.59. The summed E-state index contributed by atoms with van der Waals surface area (Å²) in [6.07, 6.45) is -0.559. The van der Waals surface area contributed by atoms with E-state index in [-0.39, 0.29) is 13.0 Å². The molecule has 57 valence electrons. The molecule has 0 fully saturated rings. The number of carbonyl (C=O) groups excluding carboxylic acids is 2. The van der Waals surface area contributed by atoms with Crippen LogP contribution in [0.5, 0.6) is 0 Å². The molecule has 0 spiro atoms. The molecule has 0 rings (SSSR count). The highest BCUT2D eigenvalue weighted by Crippen LogP contribution is 1.75. The van der Waals surface area contributed by atoms with E-state index in [0.29, 0.717) is 0 Å². The van der Waals surface area contributed by atoms with Gasteiger partial charge in [0.2, 0.25) is 5.91 Å². The highest BCUT2D eigenvalue weighted by Gasteiger charge is 1.98. The van der Waals surface area contributed by atoms with E-state index in [1.165, 1.54) is 7.11 Å². The number of rotatable bonds is 3. The first-order chi connectivity index (χ1) is 4.66. The van der Waals surface area contributed by atoms with Crippen molar-refractivity contribution in [3.63, 3.8) is 0 Å². The zero-order valence-electron chi connectivity index (χ0n) is 5.64. The van der Waals surface area contributed by atoms with Gasteiger partial charge in [-0.3, -0.25) is 10.5 Å². The number of ether oxygens (including phenoxy) is 1. The molecule has 0 aromatic carbocycles. The summed E-state index contributed by atoms with van der Waals surface area (Å²) < 4.78 is 4.21. The van der Waals surface area contributed by atoms with Gasteiger partial charge in [0.25, 0.3) is 0 Å². The van der Waals surface area contributed by atoms with Crippen LogP contribution in [0.15, 0.2) is 0 Å². The van der Waals surface area contributed by atoms with Gasteiger partial charge >= 0.3 is 6.09 Å². The Bertz CT molecular complexity index is 135. The minimum Gasteiger partial charge on any atom is -0.453 e. The Labute approximate surface area is 58.5 Å². The van der Waals surface area contributed by atoms with E-state index in [9.17, 15) is 9.59 Å². The summed E-state index contributed by atoms with van der Waals surface area (Å²) in [5.74, 6) is -0.698. The van der Waals surface area contributed by atoms with Crippen LogP contribution < -0.4 is 11.1 Å². The first-order valence-electron chi connectivity index (χ1n) is 2.73. The monoisotopic (exact) mass is 145 g/mol. The Balaban J connectivity index is 3.20. The maximum Gasteiger partial charge on any atom is 0.406 e. The molecule has 0 saturated heterocycles. The van der Waals surface area contributed by atoms with Gasteiger partial charge in [0.15, 0.2) is 0 Å². The van der Waals surface area contributed by atoms with Gasteiger partial charge < -0.3 is 10.1 Å². The number of methoxy groups -OCH3 is 1. The summed E-state index contributed by atoms with van der Waals surface area (Å²) in [6.45, 7) is 0.162. The van der Waals surface area contributed by atoms with E-state index in [0.717, 1.165) is 0 Å². The zero-order chi connectivity index (χ0) is 7.98. The molecule has 0 aromatic rings. The third kappa shape index (κ3) is 4.89. The van der Waals surface area contributed by atoms with Crippen molar-refractivity contribution in [3.05, 3.63) is 0 Å². The highest BCUT2D eigenvalue weighted by atomic mass is 16.5. The minimum atomic E-state index is -0.698. The van der Waals surface area contributed by atoms with E-state index >= 15 is 0 Å². The summed E-state index contributed by atoms with van der Waals surface area (Å²) in [5.41, 5.74) is 6.45. The molecule has 10 heavy (non-hydrogen) atoms. The second kappa shape index (κ2) is 4.60. The molecular weight excluding hydrogens is 136 g/mol. The lowest BCUT2D eigenvalue weighted by molar-refractivity contribution is -0.118. The first kappa shape index (κ1) is 8.74. The predicted octanol–water partition coefficient (Wildman–Crippen LogP) is -0.458.